The fraction of sp³-hybridized carbons (Fsp3) is 0.0909. The minimum atomic E-state index is -1.03. The lowest BCUT2D eigenvalue weighted by atomic mass is 10.1. The maximum absolute atomic E-state index is 10.3. The van der Waals surface area contributed by atoms with Crippen LogP contribution in [0.25, 0.3) is 11.3 Å². The lowest BCUT2D eigenvalue weighted by Gasteiger charge is -2.02. The highest BCUT2D eigenvalue weighted by molar-refractivity contribution is 5.64. The molecule has 5 heteroatoms. The minimum Gasteiger partial charge on any atom is -0.465 e. The third-order valence-electron chi connectivity index (χ3n) is 2.11. The average molecular weight is 218 g/mol. The SMILES string of the molecule is O=C(O)NCc1ccc(-c2cnco2)cc1. The van der Waals surface area contributed by atoms with Crippen molar-refractivity contribution in [1.29, 1.82) is 0 Å². The van der Waals surface area contributed by atoms with Crippen LogP contribution in [0.1, 0.15) is 5.56 Å². The molecule has 0 unspecified atom stereocenters. The molecule has 16 heavy (non-hydrogen) atoms. The molecular formula is C11H10N2O3. The number of rotatable bonds is 3. The van der Waals surface area contributed by atoms with E-state index in [1.165, 1.54) is 6.39 Å². The largest absolute Gasteiger partial charge is 0.465 e. The normalized spacial score (nSPS) is 10.0. The molecule has 1 amide bonds. The number of carbonyl (C=O) groups is 1. The van der Waals surface area contributed by atoms with Crippen LogP contribution in [0.5, 0.6) is 0 Å². The Hall–Kier alpha value is -2.30. The van der Waals surface area contributed by atoms with E-state index in [9.17, 15) is 4.79 Å². The molecule has 1 aromatic heterocycles. The molecule has 82 valence electrons. The highest BCUT2D eigenvalue weighted by Gasteiger charge is 2.01. The molecule has 1 aromatic carbocycles. The molecular weight excluding hydrogens is 208 g/mol. The lowest BCUT2D eigenvalue weighted by molar-refractivity contribution is 0.194. The van der Waals surface area contributed by atoms with Gasteiger partial charge in [-0.05, 0) is 5.56 Å². The fourth-order valence-corrected chi connectivity index (χ4v) is 1.32. The number of aromatic nitrogens is 1. The van der Waals surface area contributed by atoms with Crippen molar-refractivity contribution >= 4 is 6.09 Å². The van der Waals surface area contributed by atoms with Gasteiger partial charge in [0.1, 0.15) is 0 Å². The number of carboxylic acid groups (broad SMARTS) is 1. The van der Waals surface area contributed by atoms with Gasteiger partial charge in [-0.1, -0.05) is 24.3 Å². The second-order valence-electron chi connectivity index (χ2n) is 3.22. The Bertz CT molecular complexity index is 462. The smallest absolute Gasteiger partial charge is 0.404 e. The number of benzene rings is 1. The first-order valence-electron chi connectivity index (χ1n) is 4.70. The van der Waals surface area contributed by atoms with Gasteiger partial charge >= 0.3 is 6.09 Å². The zero-order valence-electron chi connectivity index (χ0n) is 8.38. The van der Waals surface area contributed by atoms with Crippen LogP contribution in [0, 0.1) is 0 Å². The van der Waals surface area contributed by atoms with Crippen LogP contribution in [0.4, 0.5) is 4.79 Å². The second-order valence-corrected chi connectivity index (χ2v) is 3.22. The number of nitrogens with one attached hydrogen (secondary N) is 1. The second kappa shape index (κ2) is 4.48. The van der Waals surface area contributed by atoms with Gasteiger partial charge in [-0.25, -0.2) is 9.78 Å². The highest BCUT2D eigenvalue weighted by atomic mass is 16.4. The van der Waals surface area contributed by atoms with E-state index < -0.39 is 6.09 Å². The maximum Gasteiger partial charge on any atom is 0.404 e. The lowest BCUT2D eigenvalue weighted by Crippen LogP contribution is -2.19. The summed E-state index contributed by atoms with van der Waals surface area (Å²) in [5.41, 5.74) is 1.81. The molecule has 0 fully saturated rings. The molecule has 0 aliphatic heterocycles. The summed E-state index contributed by atoms with van der Waals surface area (Å²) in [6.07, 6.45) is 1.97. The summed E-state index contributed by atoms with van der Waals surface area (Å²) in [6.45, 7) is 0.298. The van der Waals surface area contributed by atoms with Gasteiger partial charge in [0.2, 0.25) is 0 Å². The molecule has 0 saturated carbocycles. The first kappa shape index (κ1) is 10.2. The van der Waals surface area contributed by atoms with Gasteiger partial charge in [-0.3, -0.25) is 0 Å². The molecule has 1 heterocycles. The Morgan fingerprint density at radius 1 is 1.38 bits per heavy atom. The van der Waals surface area contributed by atoms with Crippen molar-refractivity contribution in [2.45, 2.75) is 6.54 Å². The highest BCUT2D eigenvalue weighted by Crippen LogP contribution is 2.18. The summed E-state index contributed by atoms with van der Waals surface area (Å²) in [5, 5.41) is 10.7. The summed E-state index contributed by atoms with van der Waals surface area (Å²) in [6, 6.07) is 7.40. The molecule has 2 aromatic rings. The number of nitrogens with zero attached hydrogens (tertiary/aromatic N) is 1. The Labute approximate surface area is 91.7 Å². The Morgan fingerprint density at radius 2 is 2.12 bits per heavy atom. The molecule has 0 radical (unpaired) electrons. The summed E-state index contributed by atoms with van der Waals surface area (Å²) >= 11 is 0. The van der Waals surface area contributed by atoms with Crippen LogP contribution >= 0.6 is 0 Å². The fourth-order valence-electron chi connectivity index (χ4n) is 1.32. The first-order chi connectivity index (χ1) is 7.75. The third-order valence-corrected chi connectivity index (χ3v) is 2.11. The standard InChI is InChI=1S/C11H10N2O3/c14-11(15)13-5-8-1-3-9(4-2-8)10-6-12-7-16-10/h1-4,6-7,13H,5H2,(H,14,15). The van der Waals surface area contributed by atoms with Crippen molar-refractivity contribution in [3.05, 3.63) is 42.4 Å². The van der Waals surface area contributed by atoms with Gasteiger partial charge < -0.3 is 14.8 Å². The zero-order valence-corrected chi connectivity index (χ0v) is 8.38. The van der Waals surface area contributed by atoms with Crippen LogP contribution in [-0.4, -0.2) is 16.2 Å². The summed E-state index contributed by atoms with van der Waals surface area (Å²) in [5.74, 6) is 0.692. The van der Waals surface area contributed by atoms with Crippen LogP contribution in [-0.2, 0) is 6.54 Å². The molecule has 2 rings (SSSR count). The van der Waals surface area contributed by atoms with Crippen molar-refractivity contribution in [3.63, 3.8) is 0 Å². The van der Waals surface area contributed by atoms with E-state index in [4.69, 9.17) is 9.52 Å². The van der Waals surface area contributed by atoms with Gasteiger partial charge in [0, 0.05) is 12.1 Å². The van der Waals surface area contributed by atoms with E-state index >= 15 is 0 Å². The molecule has 2 N–H and O–H groups in total. The van der Waals surface area contributed by atoms with Crippen molar-refractivity contribution in [1.82, 2.24) is 10.3 Å². The van der Waals surface area contributed by atoms with E-state index in [0.717, 1.165) is 11.1 Å². The quantitative estimate of drug-likeness (QED) is 0.827. The zero-order chi connectivity index (χ0) is 11.4. The molecule has 0 aliphatic rings. The number of oxazole rings is 1. The summed E-state index contributed by atoms with van der Waals surface area (Å²) < 4.78 is 5.14. The molecule has 0 atom stereocenters. The Balaban J connectivity index is 2.08. The van der Waals surface area contributed by atoms with Crippen molar-refractivity contribution in [2.75, 3.05) is 0 Å². The number of hydrogen-bond donors (Lipinski definition) is 2. The van der Waals surface area contributed by atoms with E-state index in [-0.39, 0.29) is 0 Å². The van der Waals surface area contributed by atoms with Crippen LogP contribution in [0.2, 0.25) is 0 Å². The topological polar surface area (TPSA) is 75.4 Å². The van der Waals surface area contributed by atoms with Crippen molar-refractivity contribution in [2.24, 2.45) is 0 Å². The Kier molecular flexibility index (Phi) is 2.86. The van der Waals surface area contributed by atoms with Crippen molar-refractivity contribution in [3.8, 4) is 11.3 Å². The number of hydrogen-bond acceptors (Lipinski definition) is 3. The van der Waals surface area contributed by atoms with Gasteiger partial charge in [0.25, 0.3) is 0 Å². The monoisotopic (exact) mass is 218 g/mol. The predicted molar refractivity (Wildman–Crippen MR) is 56.8 cm³/mol. The molecule has 0 saturated heterocycles. The number of amides is 1. The summed E-state index contributed by atoms with van der Waals surface area (Å²) in [7, 11) is 0. The predicted octanol–water partition coefficient (Wildman–Crippen LogP) is 2.11. The van der Waals surface area contributed by atoms with Crippen LogP contribution in [0.3, 0.4) is 0 Å². The van der Waals surface area contributed by atoms with E-state index in [1.54, 1.807) is 6.20 Å². The molecule has 0 aliphatic carbocycles. The molecule has 0 spiro atoms. The maximum atomic E-state index is 10.3. The van der Waals surface area contributed by atoms with Gasteiger partial charge in [0.05, 0.1) is 6.20 Å². The Morgan fingerprint density at radius 3 is 2.69 bits per heavy atom. The van der Waals surface area contributed by atoms with E-state index in [0.29, 0.717) is 12.3 Å². The van der Waals surface area contributed by atoms with Gasteiger partial charge in [-0.2, -0.15) is 0 Å². The van der Waals surface area contributed by atoms with Gasteiger partial charge in [-0.15, -0.1) is 0 Å². The van der Waals surface area contributed by atoms with Crippen LogP contribution < -0.4 is 5.32 Å². The minimum absolute atomic E-state index is 0.298. The molecule has 5 nitrogen and oxygen atoms in total. The average Bonchev–Trinajstić information content (AvgIpc) is 2.80. The van der Waals surface area contributed by atoms with Gasteiger partial charge in [0.15, 0.2) is 12.2 Å². The van der Waals surface area contributed by atoms with E-state index in [1.807, 2.05) is 24.3 Å². The third kappa shape index (κ3) is 2.38. The first-order valence-corrected chi connectivity index (χ1v) is 4.70. The van der Waals surface area contributed by atoms with Crippen LogP contribution in [0.15, 0.2) is 41.3 Å². The summed E-state index contributed by atoms with van der Waals surface area (Å²) in [4.78, 5) is 14.1. The van der Waals surface area contributed by atoms with E-state index in [2.05, 4.69) is 10.3 Å². The molecule has 0 bridgehead atoms. The van der Waals surface area contributed by atoms with Crippen molar-refractivity contribution < 1.29 is 14.3 Å².